The van der Waals surface area contributed by atoms with Gasteiger partial charge < -0.3 is 0 Å². The summed E-state index contributed by atoms with van der Waals surface area (Å²) in [6.07, 6.45) is 11.2. The summed E-state index contributed by atoms with van der Waals surface area (Å²) in [6.45, 7) is 2.24. The third kappa shape index (κ3) is 4.61. The fourth-order valence-electron chi connectivity index (χ4n) is 1.35. The number of rotatable bonds is 6. The molecule has 0 fully saturated rings. The van der Waals surface area contributed by atoms with E-state index in [-0.39, 0.29) is 0 Å². The van der Waals surface area contributed by atoms with E-state index < -0.39 is 0 Å². The molecule has 0 spiro atoms. The topological polar surface area (TPSA) is 25.8 Å². The van der Waals surface area contributed by atoms with Crippen LogP contribution >= 0.6 is 0 Å². The van der Waals surface area contributed by atoms with Crippen LogP contribution in [0.5, 0.6) is 0 Å². The zero-order valence-electron chi connectivity index (χ0n) is 8.37. The lowest BCUT2D eigenvalue weighted by Gasteiger charge is -1.98. The van der Waals surface area contributed by atoms with E-state index in [4.69, 9.17) is 0 Å². The predicted molar refractivity (Wildman–Crippen MR) is 54.5 cm³/mol. The van der Waals surface area contributed by atoms with Gasteiger partial charge in [0.05, 0.1) is 0 Å². The standard InChI is InChI=1S/C11H18N2/c1-2-3-4-5-6-8-11-12-9-7-10-13-11/h7,9-10H,2-6,8H2,1H3. The minimum atomic E-state index is 0.985. The summed E-state index contributed by atoms with van der Waals surface area (Å²) in [7, 11) is 0. The van der Waals surface area contributed by atoms with Crippen LogP contribution in [0.25, 0.3) is 0 Å². The van der Waals surface area contributed by atoms with Crippen molar-refractivity contribution in [1.29, 1.82) is 0 Å². The Labute approximate surface area is 80.4 Å². The number of hydrogen-bond acceptors (Lipinski definition) is 2. The van der Waals surface area contributed by atoms with Crippen molar-refractivity contribution in [3.05, 3.63) is 24.3 Å². The van der Waals surface area contributed by atoms with Crippen molar-refractivity contribution < 1.29 is 0 Å². The third-order valence-electron chi connectivity index (χ3n) is 2.12. The number of aryl methyl sites for hydroxylation is 1. The molecule has 1 aromatic rings. The second-order valence-electron chi connectivity index (χ2n) is 3.33. The molecule has 0 saturated carbocycles. The number of aromatic nitrogens is 2. The van der Waals surface area contributed by atoms with Crippen molar-refractivity contribution in [3.8, 4) is 0 Å². The molecular weight excluding hydrogens is 160 g/mol. The van der Waals surface area contributed by atoms with Gasteiger partial charge in [-0.15, -0.1) is 0 Å². The molecule has 0 atom stereocenters. The average molecular weight is 178 g/mol. The second kappa shape index (κ2) is 6.58. The largest absolute Gasteiger partial charge is 0.241 e. The van der Waals surface area contributed by atoms with Crippen molar-refractivity contribution >= 4 is 0 Å². The maximum Gasteiger partial charge on any atom is 0.128 e. The Hall–Kier alpha value is -0.920. The van der Waals surface area contributed by atoms with Gasteiger partial charge in [0.1, 0.15) is 5.82 Å². The van der Waals surface area contributed by atoms with Crippen molar-refractivity contribution in [1.82, 2.24) is 9.97 Å². The number of unbranched alkanes of at least 4 members (excludes halogenated alkanes) is 4. The van der Waals surface area contributed by atoms with Gasteiger partial charge in [0.15, 0.2) is 0 Å². The van der Waals surface area contributed by atoms with E-state index in [0.29, 0.717) is 0 Å². The molecule has 1 aromatic heterocycles. The Kier molecular flexibility index (Phi) is 5.14. The van der Waals surface area contributed by atoms with E-state index in [2.05, 4.69) is 16.9 Å². The predicted octanol–water partition coefficient (Wildman–Crippen LogP) is 2.99. The van der Waals surface area contributed by atoms with Gasteiger partial charge >= 0.3 is 0 Å². The van der Waals surface area contributed by atoms with Crippen molar-refractivity contribution in [2.75, 3.05) is 0 Å². The highest BCUT2D eigenvalue weighted by Gasteiger charge is 1.94. The lowest BCUT2D eigenvalue weighted by Crippen LogP contribution is -1.92. The third-order valence-corrected chi connectivity index (χ3v) is 2.12. The van der Waals surface area contributed by atoms with Crippen LogP contribution in [0.4, 0.5) is 0 Å². The molecule has 0 aliphatic rings. The lowest BCUT2D eigenvalue weighted by atomic mass is 10.1. The maximum absolute atomic E-state index is 4.19. The van der Waals surface area contributed by atoms with Crippen LogP contribution in [0.3, 0.4) is 0 Å². The number of nitrogens with zero attached hydrogens (tertiary/aromatic N) is 2. The van der Waals surface area contributed by atoms with E-state index in [0.717, 1.165) is 12.2 Å². The summed E-state index contributed by atoms with van der Waals surface area (Å²) in [6, 6.07) is 1.86. The highest BCUT2D eigenvalue weighted by Crippen LogP contribution is 2.05. The summed E-state index contributed by atoms with van der Waals surface area (Å²) in [5, 5.41) is 0. The maximum atomic E-state index is 4.19. The number of hydrogen-bond donors (Lipinski definition) is 0. The molecule has 0 aliphatic carbocycles. The molecule has 72 valence electrons. The molecule has 1 rings (SSSR count). The Balaban J connectivity index is 2.07. The smallest absolute Gasteiger partial charge is 0.128 e. The SMILES string of the molecule is CCCCCCCc1ncccn1. The molecule has 0 aromatic carbocycles. The first-order chi connectivity index (χ1) is 6.43. The quantitative estimate of drug-likeness (QED) is 0.626. The molecule has 1 heterocycles. The molecule has 0 amide bonds. The van der Waals surface area contributed by atoms with E-state index in [1.165, 1.54) is 32.1 Å². The fraction of sp³-hybridized carbons (Fsp3) is 0.636. The summed E-state index contributed by atoms with van der Waals surface area (Å²) in [4.78, 5) is 8.37. The first-order valence-electron chi connectivity index (χ1n) is 5.19. The molecule has 13 heavy (non-hydrogen) atoms. The summed E-state index contributed by atoms with van der Waals surface area (Å²) in [5.74, 6) is 0.985. The Morgan fingerprint density at radius 1 is 1.00 bits per heavy atom. The highest BCUT2D eigenvalue weighted by atomic mass is 14.8. The molecule has 0 N–H and O–H groups in total. The lowest BCUT2D eigenvalue weighted by molar-refractivity contribution is 0.622. The van der Waals surface area contributed by atoms with Gasteiger partial charge in [0.2, 0.25) is 0 Å². The minimum absolute atomic E-state index is 0.985. The van der Waals surface area contributed by atoms with Crippen LogP contribution in [-0.4, -0.2) is 9.97 Å². The minimum Gasteiger partial charge on any atom is -0.241 e. The fourth-order valence-corrected chi connectivity index (χ4v) is 1.35. The van der Waals surface area contributed by atoms with E-state index in [1.54, 1.807) is 0 Å². The van der Waals surface area contributed by atoms with E-state index in [1.807, 2.05) is 18.5 Å². The van der Waals surface area contributed by atoms with Crippen LogP contribution in [0.2, 0.25) is 0 Å². The second-order valence-corrected chi connectivity index (χ2v) is 3.33. The highest BCUT2D eigenvalue weighted by molar-refractivity contribution is 4.88. The van der Waals surface area contributed by atoms with Crippen molar-refractivity contribution in [3.63, 3.8) is 0 Å². The van der Waals surface area contributed by atoms with Crippen molar-refractivity contribution in [2.45, 2.75) is 45.4 Å². The monoisotopic (exact) mass is 178 g/mol. The van der Waals surface area contributed by atoms with E-state index in [9.17, 15) is 0 Å². The Morgan fingerprint density at radius 3 is 2.38 bits per heavy atom. The molecule has 0 radical (unpaired) electrons. The molecule has 0 unspecified atom stereocenters. The molecule has 2 heteroatoms. The van der Waals surface area contributed by atoms with Crippen LogP contribution in [0.1, 0.15) is 44.9 Å². The first kappa shape index (κ1) is 10.2. The zero-order chi connectivity index (χ0) is 9.36. The Bertz CT molecular complexity index is 209. The zero-order valence-corrected chi connectivity index (χ0v) is 8.37. The van der Waals surface area contributed by atoms with Gasteiger partial charge in [-0.2, -0.15) is 0 Å². The van der Waals surface area contributed by atoms with Crippen molar-refractivity contribution in [2.24, 2.45) is 0 Å². The molecule has 2 nitrogen and oxygen atoms in total. The summed E-state index contributed by atoms with van der Waals surface area (Å²) < 4.78 is 0. The van der Waals surface area contributed by atoms with Crippen LogP contribution in [0, 0.1) is 0 Å². The molecule has 0 aliphatic heterocycles. The first-order valence-corrected chi connectivity index (χ1v) is 5.19. The normalized spacial score (nSPS) is 10.2. The summed E-state index contributed by atoms with van der Waals surface area (Å²) >= 11 is 0. The van der Waals surface area contributed by atoms with Gasteiger partial charge in [-0.1, -0.05) is 32.6 Å². The van der Waals surface area contributed by atoms with Gasteiger partial charge in [-0.3, -0.25) is 0 Å². The van der Waals surface area contributed by atoms with Gasteiger partial charge in [0, 0.05) is 18.8 Å². The van der Waals surface area contributed by atoms with Crippen LogP contribution in [-0.2, 0) is 6.42 Å². The van der Waals surface area contributed by atoms with Crippen LogP contribution < -0.4 is 0 Å². The van der Waals surface area contributed by atoms with Crippen LogP contribution in [0.15, 0.2) is 18.5 Å². The molecular formula is C11H18N2. The average Bonchev–Trinajstić information content (AvgIpc) is 2.19. The summed E-state index contributed by atoms with van der Waals surface area (Å²) in [5.41, 5.74) is 0. The van der Waals surface area contributed by atoms with Gasteiger partial charge in [-0.05, 0) is 12.5 Å². The Morgan fingerprint density at radius 2 is 1.69 bits per heavy atom. The molecule has 0 saturated heterocycles. The van der Waals surface area contributed by atoms with Gasteiger partial charge in [-0.25, -0.2) is 9.97 Å². The van der Waals surface area contributed by atoms with E-state index >= 15 is 0 Å². The van der Waals surface area contributed by atoms with Gasteiger partial charge in [0.25, 0.3) is 0 Å². The molecule has 0 bridgehead atoms.